The van der Waals surface area contributed by atoms with E-state index in [0.29, 0.717) is 71.5 Å². The summed E-state index contributed by atoms with van der Waals surface area (Å²) in [5.41, 5.74) is 6.41. The van der Waals surface area contributed by atoms with E-state index in [0.717, 1.165) is 32.1 Å². The highest BCUT2D eigenvalue weighted by atomic mass is 16.7. The molecule has 0 saturated carbocycles. The van der Waals surface area contributed by atoms with Gasteiger partial charge in [-0.3, -0.25) is 38.9 Å². The molecule has 4 atom stereocenters. The monoisotopic (exact) mass is 1340 g/mol. The summed E-state index contributed by atoms with van der Waals surface area (Å²) in [6.45, 7) is 16.3. The highest BCUT2D eigenvalue weighted by molar-refractivity contribution is 6.45. The molecule has 0 aliphatic carbocycles. The molecule has 504 valence electrons. The number of carbonyl (C=O) groups excluding carboxylic acids is 6. The smallest absolute Gasteiger partial charge is 0.335 e. The van der Waals surface area contributed by atoms with Crippen LogP contribution < -0.4 is 18.9 Å². The minimum absolute atomic E-state index is 0.00408. The zero-order valence-electron chi connectivity index (χ0n) is 56.1. The molecule has 11 aromatic rings. The lowest BCUT2D eigenvalue weighted by Gasteiger charge is -2.35. The minimum atomic E-state index is -1.74. The number of benzene rings is 9. The Morgan fingerprint density at radius 1 is 0.430 bits per heavy atom. The average molecular weight is 1340 g/mol. The third-order valence-electron chi connectivity index (χ3n) is 18.5. The molecule has 0 N–H and O–H groups in total. The second-order valence-corrected chi connectivity index (χ2v) is 25.8. The van der Waals surface area contributed by atoms with Gasteiger partial charge >= 0.3 is 11.9 Å². The molecule has 20 nitrogen and oxygen atoms in total. The molecule has 15 rings (SSSR count). The third-order valence-corrected chi connectivity index (χ3v) is 18.5. The van der Waals surface area contributed by atoms with Crippen LogP contribution in [0.25, 0.3) is 43.1 Å². The maximum atomic E-state index is 16.4. The molecule has 0 radical (unpaired) electrons. The van der Waals surface area contributed by atoms with Crippen molar-refractivity contribution in [2.75, 3.05) is 46.2 Å². The number of aryl methyl sites for hydroxylation is 8. The minimum Gasteiger partial charge on any atom is -0.461 e. The zero-order valence-corrected chi connectivity index (χ0v) is 56.1. The van der Waals surface area contributed by atoms with Crippen LogP contribution in [-0.2, 0) is 38.0 Å². The van der Waals surface area contributed by atoms with E-state index in [1.807, 2.05) is 128 Å². The number of imide groups is 2. The summed E-state index contributed by atoms with van der Waals surface area (Å²) in [7, 11) is 0. The van der Waals surface area contributed by atoms with E-state index < -0.39 is 53.9 Å². The molecule has 4 amide bonds. The number of hydrogen-bond acceptors (Lipinski definition) is 18. The molecule has 2 saturated heterocycles. The van der Waals surface area contributed by atoms with Gasteiger partial charge in [-0.15, -0.1) is 0 Å². The number of carbonyl (C=O) groups is 6. The second kappa shape index (κ2) is 26.3. The van der Waals surface area contributed by atoms with Gasteiger partial charge in [0.1, 0.15) is 65.3 Å². The summed E-state index contributed by atoms with van der Waals surface area (Å²) in [4.78, 5) is 106. The molecule has 4 aliphatic rings. The Morgan fingerprint density at radius 3 is 1.08 bits per heavy atom. The summed E-state index contributed by atoms with van der Waals surface area (Å²) in [6, 6.07) is 35.0. The van der Waals surface area contributed by atoms with E-state index in [9.17, 15) is 9.59 Å². The lowest BCUT2D eigenvalue weighted by atomic mass is 9.80. The Bertz CT molecular complexity index is 4970. The molecule has 4 aliphatic heterocycles. The van der Waals surface area contributed by atoms with Crippen LogP contribution in [0.15, 0.2) is 146 Å². The van der Waals surface area contributed by atoms with Crippen molar-refractivity contribution in [3.63, 3.8) is 0 Å². The normalized spacial score (nSPS) is 16.1. The Kier molecular flexibility index (Phi) is 17.0. The van der Waals surface area contributed by atoms with Crippen LogP contribution in [0.4, 0.5) is 0 Å². The topological polar surface area (TPSA) is 230 Å². The first kappa shape index (κ1) is 64.8. The number of epoxide rings is 1. The molecular formula is C80H68N4O16. The van der Waals surface area contributed by atoms with Crippen molar-refractivity contribution in [2.24, 2.45) is 0 Å². The number of aromatic nitrogens is 2. The number of fused-ring (bicyclic) bond motifs is 2. The quantitative estimate of drug-likeness (QED) is 0.0145. The van der Waals surface area contributed by atoms with Gasteiger partial charge in [0.05, 0.1) is 66.7 Å². The van der Waals surface area contributed by atoms with E-state index in [2.05, 4.69) is 9.97 Å². The molecule has 2 aromatic heterocycles. The Balaban J connectivity index is 1.07. The molecule has 4 unspecified atom stereocenters. The van der Waals surface area contributed by atoms with Crippen molar-refractivity contribution in [3.8, 4) is 46.0 Å². The molecule has 0 bridgehead atoms. The summed E-state index contributed by atoms with van der Waals surface area (Å²) in [5.74, 6) is -3.81. The lowest BCUT2D eigenvalue weighted by Crippen LogP contribution is -2.46. The van der Waals surface area contributed by atoms with Gasteiger partial charge in [-0.05, 0) is 150 Å². The van der Waals surface area contributed by atoms with Gasteiger partial charge in [0, 0.05) is 61.9 Å². The second-order valence-electron chi connectivity index (χ2n) is 25.8. The van der Waals surface area contributed by atoms with Crippen LogP contribution in [0.3, 0.4) is 0 Å². The third kappa shape index (κ3) is 11.8. The Morgan fingerprint density at radius 2 is 0.780 bits per heavy atom. The molecule has 9 aromatic carbocycles. The fourth-order valence-electron chi connectivity index (χ4n) is 13.7. The van der Waals surface area contributed by atoms with Crippen molar-refractivity contribution in [2.45, 2.75) is 86.3 Å². The van der Waals surface area contributed by atoms with Crippen LogP contribution in [0, 0.1) is 55.4 Å². The van der Waals surface area contributed by atoms with Crippen molar-refractivity contribution >= 4 is 78.7 Å². The number of esters is 2. The Labute approximate surface area is 574 Å². The van der Waals surface area contributed by atoms with Crippen LogP contribution in [0.1, 0.15) is 116 Å². The van der Waals surface area contributed by atoms with Gasteiger partial charge in [-0.1, -0.05) is 82.9 Å². The molecule has 100 heavy (non-hydrogen) atoms. The molecular weight excluding hydrogens is 1270 g/mol. The largest absolute Gasteiger partial charge is 0.461 e. The van der Waals surface area contributed by atoms with Gasteiger partial charge in [-0.25, -0.2) is 9.59 Å². The van der Waals surface area contributed by atoms with Crippen molar-refractivity contribution < 1.29 is 76.1 Å². The van der Waals surface area contributed by atoms with Gasteiger partial charge in [-0.2, -0.15) is 0 Å². The SMILES string of the molecule is Cc1ccc(Oc2cc3c4c(cc(Oc5ccc(C)cc5C)c5c6c(Oc7ccc(C)cc7C)cc7c8c(cc(Oc9ccc(C)cc9C)c(c2c45)c86)C(=O)N(C(C(=O)OCCOC2CCO2)c2ccccn2)C7=O)C(=O)N(C(C(=O)OCCOCC2CO2)c2ccccn2)C3=O)c(C)c1. The van der Waals surface area contributed by atoms with Crippen molar-refractivity contribution in [1.82, 2.24) is 19.8 Å². The van der Waals surface area contributed by atoms with Crippen molar-refractivity contribution in [3.05, 3.63) is 224 Å². The fourth-order valence-corrected chi connectivity index (χ4v) is 13.7. The summed E-state index contributed by atoms with van der Waals surface area (Å²) in [5, 5.41) is 1.79. The lowest BCUT2D eigenvalue weighted by molar-refractivity contribution is -0.219. The van der Waals surface area contributed by atoms with Crippen LogP contribution in [0.2, 0.25) is 0 Å². The Hall–Kier alpha value is -11.2. The van der Waals surface area contributed by atoms with E-state index in [-0.39, 0.29) is 132 Å². The van der Waals surface area contributed by atoms with E-state index in [4.69, 9.17) is 47.4 Å². The fraction of sp³-hybridized carbons (Fsp3) is 0.250. The average Bonchev–Trinajstić information content (AvgIpc) is 1.09. The number of ether oxygens (including phenoxy) is 10. The zero-order chi connectivity index (χ0) is 69.4. The number of pyridine rings is 2. The van der Waals surface area contributed by atoms with Crippen LogP contribution >= 0.6 is 0 Å². The summed E-state index contributed by atoms with van der Waals surface area (Å²) >= 11 is 0. The highest BCUT2D eigenvalue weighted by Gasteiger charge is 2.48. The predicted octanol–water partition coefficient (Wildman–Crippen LogP) is 15.1. The van der Waals surface area contributed by atoms with Gasteiger partial charge in [0.2, 0.25) is 0 Å². The van der Waals surface area contributed by atoms with E-state index >= 15 is 19.2 Å². The van der Waals surface area contributed by atoms with Gasteiger partial charge in [0.15, 0.2) is 18.4 Å². The standard InChI is InChI=1S/C80H68N4O16/c1-41-15-19-56(45(5)31-41)97-60-35-50-65-51(76(86)83(75(50)85)73(54-13-9-11-24-81-54)79(89)94-28-27-91-39-49-40-96-49)36-61(98-57-20-16-42(2)32-46(57)6)68-70-63(100-59-22-18-44(4)34-48(59)8)38-53-66-52(37-62(69(72(66)70)67(60)71(65)68)99-58-21-17-43(3)33-47(58)7)77(87)84(78(53)88)74(55-14-10-12-25-82-55)80(90)95-30-29-93-64-23-26-92-64/h9-22,24-25,31-38,49,64,73-74H,23,26-30,39-40H2,1-8H3. The van der Waals surface area contributed by atoms with Crippen LogP contribution in [0.5, 0.6) is 46.0 Å². The molecule has 2 fully saturated rings. The van der Waals surface area contributed by atoms with E-state index in [1.165, 1.54) is 18.5 Å². The van der Waals surface area contributed by atoms with Gasteiger partial charge < -0.3 is 47.4 Å². The number of nitrogens with zero attached hydrogens (tertiary/aromatic N) is 4. The number of amides is 4. The first-order valence-electron chi connectivity index (χ1n) is 33.1. The highest BCUT2D eigenvalue weighted by Crippen LogP contribution is 2.59. The number of rotatable bonds is 23. The van der Waals surface area contributed by atoms with E-state index in [1.54, 1.807) is 54.6 Å². The van der Waals surface area contributed by atoms with Crippen LogP contribution in [-0.4, -0.2) is 114 Å². The maximum Gasteiger partial charge on any atom is 0.335 e. The van der Waals surface area contributed by atoms with Crippen molar-refractivity contribution in [1.29, 1.82) is 0 Å². The molecule has 6 heterocycles. The summed E-state index contributed by atoms with van der Waals surface area (Å²) < 4.78 is 63.3. The predicted molar refractivity (Wildman–Crippen MR) is 369 cm³/mol. The molecule has 0 spiro atoms. The first-order valence-corrected chi connectivity index (χ1v) is 33.1. The summed E-state index contributed by atoms with van der Waals surface area (Å²) in [6.07, 6.45) is 3.08. The number of hydrogen-bond donors (Lipinski definition) is 0. The van der Waals surface area contributed by atoms with Gasteiger partial charge in [0.25, 0.3) is 23.6 Å². The molecule has 20 heteroatoms. The first-order chi connectivity index (χ1) is 48.4. The maximum absolute atomic E-state index is 16.4.